The molecule has 1 saturated carbocycles. The molecule has 24 heavy (non-hydrogen) atoms. The van der Waals surface area contributed by atoms with Crippen LogP contribution < -0.4 is 4.90 Å². The first kappa shape index (κ1) is 15.1. The molecule has 2 aromatic rings. The third kappa shape index (κ3) is 2.86. The zero-order chi connectivity index (χ0) is 16.7. The van der Waals surface area contributed by atoms with Crippen LogP contribution >= 0.6 is 0 Å². The highest BCUT2D eigenvalue weighted by atomic mass is 19.1. The van der Waals surface area contributed by atoms with E-state index in [0.29, 0.717) is 18.0 Å². The number of esters is 1. The van der Waals surface area contributed by atoms with Crippen LogP contribution in [0.15, 0.2) is 24.7 Å². The van der Waals surface area contributed by atoms with Crippen molar-refractivity contribution in [3.63, 3.8) is 0 Å². The van der Waals surface area contributed by atoms with Gasteiger partial charge in [0.25, 0.3) is 0 Å². The van der Waals surface area contributed by atoms with Gasteiger partial charge >= 0.3 is 5.97 Å². The molecule has 2 atom stereocenters. The van der Waals surface area contributed by atoms with Gasteiger partial charge in [-0.05, 0) is 37.3 Å². The number of nitrogens with zero attached hydrogens (tertiary/aromatic N) is 4. The number of carbonyl (C=O) groups excluding carboxylic acids is 1. The number of carbonyl (C=O) groups is 1. The average molecular weight is 330 g/mol. The highest BCUT2D eigenvalue weighted by molar-refractivity contribution is 5.86. The lowest BCUT2D eigenvalue weighted by Gasteiger charge is -2.19. The van der Waals surface area contributed by atoms with E-state index in [2.05, 4.69) is 14.9 Å². The first-order chi connectivity index (χ1) is 11.6. The van der Waals surface area contributed by atoms with Crippen LogP contribution in [-0.2, 0) is 11.3 Å². The van der Waals surface area contributed by atoms with Crippen LogP contribution in [0.2, 0.25) is 0 Å². The van der Waals surface area contributed by atoms with Crippen LogP contribution in [0.5, 0.6) is 0 Å². The van der Waals surface area contributed by atoms with E-state index in [1.54, 1.807) is 23.8 Å². The Morgan fingerprint density at radius 3 is 2.88 bits per heavy atom. The number of imidazole rings is 1. The molecule has 1 aliphatic carbocycles. The van der Waals surface area contributed by atoms with E-state index in [1.807, 2.05) is 6.07 Å². The van der Waals surface area contributed by atoms with E-state index in [9.17, 15) is 9.18 Å². The molecule has 2 fully saturated rings. The van der Waals surface area contributed by atoms with Crippen molar-refractivity contribution in [2.24, 2.45) is 11.8 Å². The average Bonchev–Trinajstić information content (AvgIpc) is 2.98. The summed E-state index contributed by atoms with van der Waals surface area (Å²) < 4.78 is 20.9. The van der Waals surface area contributed by atoms with Gasteiger partial charge in [-0.25, -0.2) is 14.8 Å². The van der Waals surface area contributed by atoms with Gasteiger partial charge in [-0.3, -0.25) is 0 Å². The molecule has 0 radical (unpaired) electrons. The van der Waals surface area contributed by atoms with Crippen LogP contribution in [0.3, 0.4) is 0 Å². The molecule has 1 saturated heterocycles. The van der Waals surface area contributed by atoms with Gasteiger partial charge in [0.05, 0.1) is 19.5 Å². The molecule has 6 nitrogen and oxygen atoms in total. The van der Waals surface area contributed by atoms with Crippen molar-refractivity contribution in [3.05, 3.63) is 41.9 Å². The molecule has 2 aliphatic rings. The third-order valence-corrected chi connectivity index (χ3v) is 4.68. The number of hydrogen-bond donors (Lipinski definition) is 0. The molecule has 0 spiro atoms. The summed E-state index contributed by atoms with van der Waals surface area (Å²) in [5.74, 6) is 1.32. The maximum atomic E-state index is 14.3. The summed E-state index contributed by atoms with van der Waals surface area (Å²) in [5, 5.41) is 0. The van der Waals surface area contributed by atoms with Crippen LogP contribution in [0.4, 0.5) is 10.2 Å². The monoisotopic (exact) mass is 330 g/mol. The lowest BCUT2D eigenvalue weighted by atomic mass is 10.2. The summed E-state index contributed by atoms with van der Waals surface area (Å²) in [6, 6.07) is 3.62. The normalized spacial score (nSPS) is 21.7. The molecular formula is C17H19FN4O2. The molecular weight excluding hydrogens is 311 g/mol. The minimum atomic E-state index is -0.474. The van der Waals surface area contributed by atoms with Crippen LogP contribution in [0.1, 0.15) is 29.4 Å². The predicted molar refractivity (Wildman–Crippen MR) is 85.3 cm³/mol. The second kappa shape index (κ2) is 5.89. The van der Waals surface area contributed by atoms with Crippen molar-refractivity contribution in [1.82, 2.24) is 14.5 Å². The van der Waals surface area contributed by atoms with Gasteiger partial charge in [0, 0.05) is 24.8 Å². The number of pyridine rings is 1. The van der Waals surface area contributed by atoms with Crippen molar-refractivity contribution in [1.29, 1.82) is 0 Å². The number of rotatable bonds is 5. The quantitative estimate of drug-likeness (QED) is 0.621. The van der Waals surface area contributed by atoms with Crippen molar-refractivity contribution >= 4 is 11.8 Å². The van der Waals surface area contributed by atoms with E-state index in [0.717, 1.165) is 24.9 Å². The fourth-order valence-electron chi connectivity index (χ4n) is 3.29. The fraction of sp³-hybridized carbons (Fsp3) is 0.471. The molecule has 0 bridgehead atoms. The molecule has 2 unspecified atom stereocenters. The minimum absolute atomic E-state index is 0.220. The summed E-state index contributed by atoms with van der Waals surface area (Å²) >= 11 is 0. The Morgan fingerprint density at radius 2 is 2.17 bits per heavy atom. The summed E-state index contributed by atoms with van der Waals surface area (Å²) in [7, 11) is 0. The zero-order valence-electron chi connectivity index (χ0n) is 13.5. The van der Waals surface area contributed by atoms with Gasteiger partial charge in [-0.15, -0.1) is 0 Å². The smallest absolute Gasteiger partial charge is 0.358 e. The molecule has 1 aliphatic heterocycles. The van der Waals surface area contributed by atoms with Crippen LogP contribution in [-0.4, -0.2) is 40.2 Å². The van der Waals surface area contributed by atoms with Crippen LogP contribution in [0.25, 0.3) is 0 Å². The van der Waals surface area contributed by atoms with Gasteiger partial charge in [-0.1, -0.05) is 0 Å². The van der Waals surface area contributed by atoms with Gasteiger partial charge in [0.1, 0.15) is 5.82 Å². The highest BCUT2D eigenvalue weighted by Gasteiger charge is 2.45. The lowest BCUT2D eigenvalue weighted by molar-refractivity contribution is 0.0520. The maximum Gasteiger partial charge on any atom is 0.358 e. The second-order valence-corrected chi connectivity index (χ2v) is 6.43. The largest absolute Gasteiger partial charge is 0.461 e. The molecule has 4 rings (SSSR count). The molecule has 3 heterocycles. The number of aromatic nitrogens is 3. The van der Waals surface area contributed by atoms with E-state index in [-0.39, 0.29) is 12.2 Å². The topological polar surface area (TPSA) is 60.2 Å². The molecule has 0 N–H and O–H groups in total. The predicted octanol–water partition coefficient (Wildman–Crippen LogP) is 2.10. The van der Waals surface area contributed by atoms with Crippen molar-refractivity contribution < 1.29 is 13.9 Å². The Hall–Kier alpha value is -2.44. The first-order valence-corrected chi connectivity index (χ1v) is 8.23. The Labute approximate surface area is 139 Å². The minimum Gasteiger partial charge on any atom is -0.461 e. The highest BCUT2D eigenvalue weighted by Crippen LogP contribution is 2.45. The second-order valence-electron chi connectivity index (χ2n) is 6.43. The van der Waals surface area contributed by atoms with E-state index in [1.165, 1.54) is 12.7 Å². The van der Waals surface area contributed by atoms with Gasteiger partial charge < -0.3 is 14.2 Å². The zero-order valence-corrected chi connectivity index (χ0v) is 13.5. The van der Waals surface area contributed by atoms with Crippen LogP contribution in [0, 0.1) is 17.8 Å². The Morgan fingerprint density at radius 1 is 1.38 bits per heavy atom. The molecule has 7 heteroatoms. The third-order valence-electron chi connectivity index (χ3n) is 4.68. The van der Waals surface area contributed by atoms with E-state index < -0.39 is 11.9 Å². The molecule has 0 aromatic carbocycles. The summed E-state index contributed by atoms with van der Waals surface area (Å²) in [5.41, 5.74) is 0.689. The maximum absolute atomic E-state index is 14.3. The SMILES string of the molecule is CCOC(=O)c1cn(Cc2ccc(N3CC4CC4C3)nc2F)cn1. The van der Waals surface area contributed by atoms with Crippen molar-refractivity contribution in [3.8, 4) is 0 Å². The van der Waals surface area contributed by atoms with Gasteiger partial charge in [-0.2, -0.15) is 4.39 Å². The van der Waals surface area contributed by atoms with E-state index >= 15 is 0 Å². The molecule has 0 amide bonds. The fourth-order valence-corrected chi connectivity index (χ4v) is 3.29. The van der Waals surface area contributed by atoms with Gasteiger partial charge in [0.15, 0.2) is 5.69 Å². The number of fused-ring (bicyclic) bond motifs is 1. The Kier molecular flexibility index (Phi) is 3.70. The van der Waals surface area contributed by atoms with Crippen molar-refractivity contribution in [2.75, 3.05) is 24.6 Å². The number of piperidine rings is 1. The molecule has 2 aromatic heterocycles. The summed E-state index contributed by atoms with van der Waals surface area (Å²) in [6.45, 7) is 4.28. The Balaban J connectivity index is 1.45. The molecule has 126 valence electrons. The standard InChI is InChI=1S/C17H19FN4O2/c1-2-24-17(23)14-9-21(10-19-14)6-11-3-4-15(20-16(11)18)22-7-12-5-13(12)8-22/h3-4,9-10,12-13H,2,5-8H2,1H3. The summed E-state index contributed by atoms with van der Waals surface area (Å²) in [6.07, 6.45) is 4.35. The number of hydrogen-bond acceptors (Lipinski definition) is 5. The number of ether oxygens (including phenoxy) is 1. The van der Waals surface area contributed by atoms with Crippen molar-refractivity contribution in [2.45, 2.75) is 19.9 Å². The van der Waals surface area contributed by atoms with E-state index in [4.69, 9.17) is 4.74 Å². The number of anilines is 1. The lowest BCUT2D eigenvalue weighted by Crippen LogP contribution is -2.23. The Bertz CT molecular complexity index is 766. The number of halogens is 1. The first-order valence-electron chi connectivity index (χ1n) is 8.23. The summed E-state index contributed by atoms with van der Waals surface area (Å²) in [4.78, 5) is 21.9. The van der Waals surface area contributed by atoms with Gasteiger partial charge in [0.2, 0.25) is 5.95 Å².